The van der Waals surface area contributed by atoms with Gasteiger partial charge in [0.05, 0.1) is 12.5 Å². The number of cyclic esters (lactones) is 1. The Morgan fingerprint density at radius 3 is 2.48 bits per heavy atom. The summed E-state index contributed by atoms with van der Waals surface area (Å²) in [7, 11) is 0. The highest BCUT2D eigenvalue weighted by Crippen LogP contribution is 2.32. The molecule has 3 N–H and O–H groups in total. The Balaban J connectivity index is 1.75. The Labute approximate surface area is 133 Å². The molecule has 0 aromatic heterocycles. The minimum absolute atomic E-state index is 0.0141. The van der Waals surface area contributed by atoms with Crippen LogP contribution in [0.2, 0.25) is 0 Å². The molecule has 3 rings (SSSR count). The number of carbonyl (C=O) groups is 1. The SMILES string of the molecule is O=C1OCC(Cc2cccc(O)c2)C1Cc1ccc(O)c(O)c1. The van der Waals surface area contributed by atoms with Crippen LogP contribution in [0.4, 0.5) is 0 Å². The zero-order chi connectivity index (χ0) is 16.4. The van der Waals surface area contributed by atoms with E-state index >= 15 is 0 Å². The van der Waals surface area contributed by atoms with Gasteiger partial charge in [0.15, 0.2) is 11.5 Å². The lowest BCUT2D eigenvalue weighted by atomic mass is 9.85. The minimum Gasteiger partial charge on any atom is -0.508 e. The first-order valence-electron chi connectivity index (χ1n) is 7.48. The number of aromatic hydroxyl groups is 3. The van der Waals surface area contributed by atoms with E-state index in [4.69, 9.17) is 4.74 Å². The summed E-state index contributed by atoms with van der Waals surface area (Å²) in [5.41, 5.74) is 1.72. The number of phenolic OH excluding ortho intramolecular Hbond substituents is 3. The number of esters is 1. The van der Waals surface area contributed by atoms with Crippen molar-refractivity contribution in [2.45, 2.75) is 12.8 Å². The van der Waals surface area contributed by atoms with Gasteiger partial charge in [-0.2, -0.15) is 0 Å². The first-order valence-corrected chi connectivity index (χ1v) is 7.48. The fourth-order valence-electron chi connectivity index (χ4n) is 2.99. The van der Waals surface area contributed by atoms with Crippen LogP contribution in [0.25, 0.3) is 0 Å². The van der Waals surface area contributed by atoms with Crippen LogP contribution in [-0.4, -0.2) is 27.9 Å². The first-order chi connectivity index (χ1) is 11.0. The third-order valence-corrected chi connectivity index (χ3v) is 4.22. The Bertz CT molecular complexity index is 725. The molecule has 0 amide bonds. The van der Waals surface area contributed by atoms with Gasteiger partial charge in [0, 0.05) is 5.92 Å². The van der Waals surface area contributed by atoms with Gasteiger partial charge in [0.1, 0.15) is 5.75 Å². The zero-order valence-electron chi connectivity index (χ0n) is 12.5. The first kappa shape index (κ1) is 15.2. The van der Waals surface area contributed by atoms with Crippen LogP contribution in [0.3, 0.4) is 0 Å². The molecule has 5 nitrogen and oxygen atoms in total. The average Bonchev–Trinajstić information content (AvgIpc) is 2.84. The van der Waals surface area contributed by atoms with Gasteiger partial charge >= 0.3 is 5.97 Å². The Morgan fingerprint density at radius 2 is 1.74 bits per heavy atom. The summed E-state index contributed by atoms with van der Waals surface area (Å²) in [6, 6.07) is 11.5. The van der Waals surface area contributed by atoms with Crippen LogP contribution in [-0.2, 0) is 22.4 Å². The van der Waals surface area contributed by atoms with Gasteiger partial charge in [-0.15, -0.1) is 0 Å². The molecule has 120 valence electrons. The largest absolute Gasteiger partial charge is 0.508 e. The van der Waals surface area contributed by atoms with E-state index in [-0.39, 0.29) is 35.1 Å². The average molecular weight is 314 g/mol. The molecule has 0 aliphatic carbocycles. The van der Waals surface area contributed by atoms with Crippen LogP contribution in [0, 0.1) is 11.8 Å². The highest BCUT2D eigenvalue weighted by Gasteiger charge is 2.36. The molecule has 0 bridgehead atoms. The van der Waals surface area contributed by atoms with Crippen molar-refractivity contribution in [1.82, 2.24) is 0 Å². The van der Waals surface area contributed by atoms with Crippen LogP contribution in [0.1, 0.15) is 11.1 Å². The van der Waals surface area contributed by atoms with E-state index in [2.05, 4.69) is 0 Å². The molecular formula is C18H18O5. The summed E-state index contributed by atoms with van der Waals surface area (Å²) in [5.74, 6) is -0.713. The predicted octanol–water partition coefficient (Wildman–Crippen LogP) is 2.38. The number of benzene rings is 2. The maximum absolute atomic E-state index is 12.0. The van der Waals surface area contributed by atoms with Gasteiger partial charge in [-0.1, -0.05) is 18.2 Å². The summed E-state index contributed by atoms with van der Waals surface area (Å²) in [6.07, 6.45) is 1.07. The molecule has 1 saturated heterocycles. The van der Waals surface area contributed by atoms with Gasteiger partial charge in [0.2, 0.25) is 0 Å². The molecule has 0 spiro atoms. The predicted molar refractivity (Wildman–Crippen MR) is 83.2 cm³/mol. The van der Waals surface area contributed by atoms with Gasteiger partial charge in [-0.05, 0) is 48.2 Å². The molecule has 2 unspecified atom stereocenters. The second kappa shape index (κ2) is 6.20. The number of rotatable bonds is 4. The molecular weight excluding hydrogens is 296 g/mol. The van der Waals surface area contributed by atoms with E-state index in [1.54, 1.807) is 24.3 Å². The molecule has 0 radical (unpaired) electrons. The second-order valence-electron chi connectivity index (χ2n) is 5.90. The number of hydrogen-bond acceptors (Lipinski definition) is 5. The van der Waals surface area contributed by atoms with Crippen molar-refractivity contribution >= 4 is 5.97 Å². The van der Waals surface area contributed by atoms with Crippen molar-refractivity contribution < 1.29 is 24.9 Å². The van der Waals surface area contributed by atoms with Crippen molar-refractivity contribution in [3.8, 4) is 17.2 Å². The van der Waals surface area contributed by atoms with Gasteiger partial charge in [0.25, 0.3) is 0 Å². The minimum atomic E-state index is -0.304. The molecule has 1 heterocycles. The highest BCUT2D eigenvalue weighted by atomic mass is 16.5. The zero-order valence-corrected chi connectivity index (χ0v) is 12.5. The molecule has 23 heavy (non-hydrogen) atoms. The van der Waals surface area contributed by atoms with Crippen molar-refractivity contribution in [2.24, 2.45) is 11.8 Å². The topological polar surface area (TPSA) is 87.0 Å². The van der Waals surface area contributed by atoms with Gasteiger partial charge in [-0.3, -0.25) is 4.79 Å². The quantitative estimate of drug-likeness (QED) is 0.596. The maximum Gasteiger partial charge on any atom is 0.309 e. The van der Waals surface area contributed by atoms with E-state index in [0.717, 1.165) is 11.1 Å². The van der Waals surface area contributed by atoms with E-state index in [1.165, 1.54) is 12.1 Å². The lowest BCUT2D eigenvalue weighted by Crippen LogP contribution is -2.20. The highest BCUT2D eigenvalue weighted by molar-refractivity contribution is 5.75. The molecule has 5 heteroatoms. The molecule has 1 aliphatic heterocycles. The van der Waals surface area contributed by atoms with Gasteiger partial charge < -0.3 is 20.1 Å². The third-order valence-electron chi connectivity index (χ3n) is 4.22. The van der Waals surface area contributed by atoms with Crippen molar-refractivity contribution in [1.29, 1.82) is 0 Å². The summed E-state index contributed by atoms with van der Waals surface area (Å²) in [4.78, 5) is 12.0. The normalized spacial score (nSPS) is 20.4. The lowest BCUT2D eigenvalue weighted by molar-refractivity contribution is -0.141. The fourth-order valence-corrected chi connectivity index (χ4v) is 2.99. The van der Waals surface area contributed by atoms with Crippen molar-refractivity contribution in [3.05, 3.63) is 53.6 Å². The van der Waals surface area contributed by atoms with Crippen LogP contribution in [0.5, 0.6) is 17.2 Å². The van der Waals surface area contributed by atoms with E-state index in [9.17, 15) is 20.1 Å². The molecule has 1 fully saturated rings. The molecule has 2 atom stereocenters. The summed E-state index contributed by atoms with van der Waals surface area (Å²) < 4.78 is 5.19. The molecule has 2 aromatic carbocycles. The van der Waals surface area contributed by atoms with Crippen molar-refractivity contribution in [2.75, 3.05) is 6.61 Å². The Kier molecular flexibility index (Phi) is 4.10. The third kappa shape index (κ3) is 3.39. The van der Waals surface area contributed by atoms with Crippen LogP contribution in [0.15, 0.2) is 42.5 Å². The standard InChI is InChI=1S/C18H18O5/c19-14-3-1-2-11(7-14)6-13-10-23-18(22)15(13)8-12-4-5-16(20)17(21)9-12/h1-5,7,9,13,15,19-21H,6,8,10H2. The molecule has 0 saturated carbocycles. The van der Waals surface area contributed by atoms with Gasteiger partial charge in [-0.25, -0.2) is 0 Å². The monoisotopic (exact) mass is 314 g/mol. The number of hydrogen-bond donors (Lipinski definition) is 3. The number of phenols is 3. The summed E-state index contributed by atoms with van der Waals surface area (Å²) >= 11 is 0. The lowest BCUT2D eigenvalue weighted by Gasteiger charge is -2.15. The summed E-state index contributed by atoms with van der Waals surface area (Å²) in [5, 5.41) is 28.5. The Morgan fingerprint density at radius 1 is 0.957 bits per heavy atom. The fraction of sp³-hybridized carbons (Fsp3) is 0.278. The van der Waals surface area contributed by atoms with E-state index in [1.807, 2.05) is 6.07 Å². The number of carbonyl (C=O) groups excluding carboxylic acids is 1. The smallest absolute Gasteiger partial charge is 0.309 e. The van der Waals surface area contributed by atoms with E-state index < -0.39 is 0 Å². The second-order valence-corrected chi connectivity index (χ2v) is 5.90. The van der Waals surface area contributed by atoms with Crippen LogP contribution >= 0.6 is 0 Å². The molecule has 1 aliphatic rings. The number of ether oxygens (including phenoxy) is 1. The molecule has 2 aromatic rings. The van der Waals surface area contributed by atoms with Crippen LogP contribution < -0.4 is 0 Å². The Hall–Kier alpha value is -2.69. The van der Waals surface area contributed by atoms with E-state index in [0.29, 0.717) is 19.4 Å². The maximum atomic E-state index is 12.0. The van der Waals surface area contributed by atoms with Crippen molar-refractivity contribution in [3.63, 3.8) is 0 Å². The summed E-state index contributed by atoms with van der Waals surface area (Å²) in [6.45, 7) is 0.350.